The van der Waals surface area contributed by atoms with Gasteiger partial charge in [0.25, 0.3) is 0 Å². The van der Waals surface area contributed by atoms with Gasteiger partial charge >= 0.3 is 0 Å². The van der Waals surface area contributed by atoms with E-state index in [9.17, 15) is 5.11 Å². The minimum atomic E-state index is -0.419. The summed E-state index contributed by atoms with van der Waals surface area (Å²) < 4.78 is 0.989. The molecule has 1 atom stereocenters. The third-order valence-corrected chi connectivity index (χ3v) is 3.79. The van der Waals surface area contributed by atoms with Crippen LogP contribution in [-0.2, 0) is 0 Å². The van der Waals surface area contributed by atoms with E-state index in [0.717, 1.165) is 22.5 Å². The fourth-order valence-electron chi connectivity index (χ4n) is 1.89. The van der Waals surface area contributed by atoms with Crippen LogP contribution in [0, 0.1) is 5.92 Å². The number of benzene rings is 1. The molecule has 16 heavy (non-hydrogen) atoms. The minimum Gasteiger partial charge on any atom is -0.389 e. The van der Waals surface area contributed by atoms with Crippen molar-refractivity contribution in [2.24, 2.45) is 5.92 Å². The summed E-state index contributed by atoms with van der Waals surface area (Å²) >= 11 is 3.51. The van der Waals surface area contributed by atoms with Gasteiger partial charge in [-0.3, -0.25) is 0 Å². The second-order valence-electron chi connectivity index (χ2n) is 4.71. The molecule has 1 aliphatic carbocycles. The van der Waals surface area contributed by atoms with Crippen LogP contribution in [-0.4, -0.2) is 18.7 Å². The molecule has 1 aromatic rings. The summed E-state index contributed by atoms with van der Waals surface area (Å²) in [5, 5.41) is 9.55. The van der Waals surface area contributed by atoms with E-state index in [-0.39, 0.29) is 0 Å². The molecule has 0 bridgehead atoms. The third-order valence-electron chi connectivity index (χ3n) is 3.10. The van der Waals surface area contributed by atoms with E-state index in [1.54, 1.807) is 6.92 Å². The minimum absolute atomic E-state index is 0.419. The number of halogens is 1. The molecule has 1 aliphatic rings. The second kappa shape index (κ2) is 4.76. The number of rotatable bonds is 4. The highest BCUT2D eigenvalue weighted by Crippen LogP contribution is 2.32. The maximum atomic E-state index is 9.55. The van der Waals surface area contributed by atoms with Gasteiger partial charge in [-0.2, -0.15) is 0 Å². The van der Waals surface area contributed by atoms with Gasteiger partial charge in [0.05, 0.1) is 6.10 Å². The van der Waals surface area contributed by atoms with Gasteiger partial charge in [0.1, 0.15) is 0 Å². The first-order valence-electron chi connectivity index (χ1n) is 5.76. The van der Waals surface area contributed by atoms with Crippen LogP contribution in [0.1, 0.15) is 31.4 Å². The maximum absolute atomic E-state index is 9.55. The lowest BCUT2D eigenvalue weighted by Crippen LogP contribution is -2.19. The van der Waals surface area contributed by atoms with Crippen LogP contribution >= 0.6 is 15.9 Å². The van der Waals surface area contributed by atoms with Crippen molar-refractivity contribution < 1.29 is 5.11 Å². The molecule has 1 N–H and O–H groups in total. The third kappa shape index (κ3) is 2.77. The molecular weight excluding hydrogens is 266 g/mol. The van der Waals surface area contributed by atoms with E-state index >= 15 is 0 Å². The van der Waals surface area contributed by atoms with Crippen LogP contribution in [0.4, 0.5) is 5.69 Å². The molecule has 0 amide bonds. The van der Waals surface area contributed by atoms with Crippen molar-refractivity contribution in [2.75, 3.05) is 18.5 Å². The van der Waals surface area contributed by atoms with Crippen molar-refractivity contribution in [3.8, 4) is 0 Å². The zero-order chi connectivity index (χ0) is 11.7. The molecule has 1 saturated carbocycles. The van der Waals surface area contributed by atoms with E-state index in [1.165, 1.54) is 18.5 Å². The van der Waals surface area contributed by atoms with E-state index < -0.39 is 6.10 Å². The molecule has 1 aromatic carbocycles. The molecule has 2 nitrogen and oxygen atoms in total. The summed E-state index contributed by atoms with van der Waals surface area (Å²) in [6, 6.07) is 6.16. The lowest BCUT2D eigenvalue weighted by Gasteiger charge is -2.20. The van der Waals surface area contributed by atoms with Crippen LogP contribution in [0.2, 0.25) is 0 Å². The van der Waals surface area contributed by atoms with Crippen molar-refractivity contribution >= 4 is 21.6 Å². The highest BCUT2D eigenvalue weighted by molar-refractivity contribution is 9.10. The molecular formula is C13H18BrNO. The predicted octanol–water partition coefficient (Wildman–Crippen LogP) is 3.35. The first kappa shape index (κ1) is 11.9. The van der Waals surface area contributed by atoms with Crippen LogP contribution in [0.5, 0.6) is 0 Å². The Balaban J connectivity index is 2.12. The fourth-order valence-corrected chi connectivity index (χ4v) is 2.58. The molecule has 2 rings (SSSR count). The molecule has 0 unspecified atom stereocenters. The predicted molar refractivity (Wildman–Crippen MR) is 70.8 cm³/mol. The van der Waals surface area contributed by atoms with Gasteiger partial charge in [0.15, 0.2) is 0 Å². The highest BCUT2D eigenvalue weighted by Gasteiger charge is 2.23. The van der Waals surface area contributed by atoms with Crippen molar-refractivity contribution in [3.63, 3.8) is 0 Å². The van der Waals surface area contributed by atoms with E-state index in [0.29, 0.717) is 0 Å². The number of hydrogen-bond acceptors (Lipinski definition) is 2. The zero-order valence-corrected chi connectivity index (χ0v) is 11.4. The molecule has 3 heteroatoms. The van der Waals surface area contributed by atoms with Crippen molar-refractivity contribution in [1.82, 2.24) is 0 Å². The smallest absolute Gasteiger partial charge is 0.0772 e. The van der Waals surface area contributed by atoms with Gasteiger partial charge in [-0.1, -0.05) is 22.0 Å². The zero-order valence-electron chi connectivity index (χ0n) is 9.78. The molecule has 88 valence electrons. The summed E-state index contributed by atoms with van der Waals surface area (Å²) in [7, 11) is 2.13. The summed E-state index contributed by atoms with van der Waals surface area (Å²) in [5.74, 6) is 0.889. The molecule has 0 spiro atoms. The average molecular weight is 284 g/mol. The van der Waals surface area contributed by atoms with Gasteiger partial charge in [0.2, 0.25) is 0 Å². The van der Waals surface area contributed by atoms with Crippen LogP contribution in [0.3, 0.4) is 0 Å². The van der Waals surface area contributed by atoms with Gasteiger partial charge in [-0.25, -0.2) is 0 Å². The normalized spacial score (nSPS) is 17.2. The number of nitrogens with zero attached hydrogens (tertiary/aromatic N) is 1. The topological polar surface area (TPSA) is 23.5 Å². The molecule has 1 fully saturated rings. The Morgan fingerprint density at radius 3 is 2.69 bits per heavy atom. The number of hydrogen-bond donors (Lipinski definition) is 1. The summed E-state index contributed by atoms with van der Waals surface area (Å²) in [5.41, 5.74) is 2.16. The summed E-state index contributed by atoms with van der Waals surface area (Å²) in [6.07, 6.45) is 2.33. The summed E-state index contributed by atoms with van der Waals surface area (Å²) in [4.78, 5) is 2.29. The quantitative estimate of drug-likeness (QED) is 0.916. The monoisotopic (exact) mass is 283 g/mol. The second-order valence-corrected chi connectivity index (χ2v) is 5.56. The van der Waals surface area contributed by atoms with Crippen LogP contribution < -0.4 is 4.90 Å². The largest absolute Gasteiger partial charge is 0.389 e. The SMILES string of the molecule is C[C@H](O)c1ccc(N(C)CC2CC2)cc1Br. The summed E-state index contributed by atoms with van der Waals surface area (Å²) in [6.45, 7) is 2.92. The Kier molecular flexibility index (Phi) is 3.55. The van der Waals surface area contributed by atoms with Gasteiger partial charge < -0.3 is 10.0 Å². The number of anilines is 1. The van der Waals surface area contributed by atoms with Crippen molar-refractivity contribution in [2.45, 2.75) is 25.9 Å². The van der Waals surface area contributed by atoms with Crippen LogP contribution in [0.15, 0.2) is 22.7 Å². The van der Waals surface area contributed by atoms with E-state index in [4.69, 9.17) is 0 Å². The fraction of sp³-hybridized carbons (Fsp3) is 0.538. The molecule has 0 aliphatic heterocycles. The molecule has 0 heterocycles. The maximum Gasteiger partial charge on any atom is 0.0772 e. The lowest BCUT2D eigenvalue weighted by molar-refractivity contribution is 0.198. The molecule has 0 saturated heterocycles. The standard InChI is InChI=1S/C13H18BrNO/c1-9(16)12-6-5-11(7-13(12)14)15(2)8-10-3-4-10/h5-7,9-10,16H,3-4,8H2,1-2H3/t9-/m0/s1. The first-order chi connectivity index (χ1) is 7.58. The lowest BCUT2D eigenvalue weighted by atomic mass is 10.1. The average Bonchev–Trinajstić information content (AvgIpc) is 3.00. The Hall–Kier alpha value is -0.540. The first-order valence-corrected chi connectivity index (χ1v) is 6.56. The Morgan fingerprint density at radius 1 is 1.50 bits per heavy atom. The molecule has 0 aromatic heterocycles. The van der Waals surface area contributed by atoms with E-state index in [1.807, 2.05) is 6.07 Å². The van der Waals surface area contributed by atoms with Gasteiger partial charge in [0, 0.05) is 23.8 Å². The highest BCUT2D eigenvalue weighted by atomic mass is 79.9. The Bertz CT molecular complexity index is 374. The van der Waals surface area contributed by atoms with Gasteiger partial charge in [-0.05, 0) is 43.4 Å². The van der Waals surface area contributed by atoms with Crippen molar-refractivity contribution in [1.29, 1.82) is 0 Å². The number of aliphatic hydroxyl groups is 1. The van der Waals surface area contributed by atoms with Gasteiger partial charge in [-0.15, -0.1) is 0 Å². The van der Waals surface area contributed by atoms with Crippen LogP contribution in [0.25, 0.3) is 0 Å². The van der Waals surface area contributed by atoms with Crippen molar-refractivity contribution in [3.05, 3.63) is 28.2 Å². The molecule has 0 radical (unpaired) electrons. The van der Waals surface area contributed by atoms with E-state index in [2.05, 4.69) is 40.0 Å². The number of aliphatic hydroxyl groups excluding tert-OH is 1. The Morgan fingerprint density at radius 2 is 2.19 bits per heavy atom. The Labute approximate surface area is 105 Å².